The minimum atomic E-state index is -0.696. The molecule has 0 saturated heterocycles. The molecule has 3 rings (SSSR count). The van der Waals surface area contributed by atoms with E-state index in [-0.39, 0.29) is 13.2 Å². The van der Waals surface area contributed by atoms with E-state index in [4.69, 9.17) is 13.9 Å². The zero-order valence-corrected chi connectivity index (χ0v) is 12.5. The summed E-state index contributed by atoms with van der Waals surface area (Å²) in [6.07, 6.45) is 6.22. The lowest BCUT2D eigenvalue weighted by atomic mass is 10.3. The number of nitrogens with zero attached hydrogens (tertiary/aromatic N) is 2. The van der Waals surface area contributed by atoms with Crippen molar-refractivity contribution in [3.63, 3.8) is 0 Å². The Labute approximate surface area is 133 Å². The monoisotopic (exact) mass is 314 g/mol. The summed E-state index contributed by atoms with van der Waals surface area (Å²) in [5, 5.41) is 9.85. The third-order valence-electron chi connectivity index (χ3n) is 3.22. The van der Waals surface area contributed by atoms with Crippen molar-refractivity contribution in [1.29, 1.82) is 0 Å². The second-order valence-electron chi connectivity index (χ2n) is 5.02. The lowest BCUT2D eigenvalue weighted by Crippen LogP contribution is -2.23. The summed E-state index contributed by atoms with van der Waals surface area (Å²) in [6.45, 7) is 0.695. The fourth-order valence-corrected chi connectivity index (χ4v) is 2.06. The summed E-state index contributed by atoms with van der Waals surface area (Å²) in [6, 6.07) is 11.2. The number of hydrogen-bond acceptors (Lipinski definition) is 5. The van der Waals surface area contributed by atoms with Gasteiger partial charge < -0.3 is 23.6 Å². The summed E-state index contributed by atoms with van der Waals surface area (Å²) in [5.74, 6) is 1.42. The standard InChI is InChI=1S/C17H18N2O4/c20-15(10-21-12-17-2-1-9-22-17)11-23-16-5-3-14(4-6-16)19-8-7-18-13-19/h1-9,13,15,20H,10-12H2. The van der Waals surface area contributed by atoms with Crippen LogP contribution in [0.4, 0.5) is 0 Å². The maximum atomic E-state index is 9.85. The molecule has 0 bridgehead atoms. The van der Waals surface area contributed by atoms with Crippen LogP contribution in [0.3, 0.4) is 0 Å². The zero-order valence-electron chi connectivity index (χ0n) is 12.5. The molecule has 0 aliphatic rings. The molecule has 6 heteroatoms. The van der Waals surface area contributed by atoms with Crippen molar-refractivity contribution in [3.05, 3.63) is 67.1 Å². The van der Waals surface area contributed by atoms with E-state index in [0.29, 0.717) is 12.4 Å². The second-order valence-corrected chi connectivity index (χ2v) is 5.02. The third-order valence-corrected chi connectivity index (χ3v) is 3.22. The average molecular weight is 314 g/mol. The highest BCUT2D eigenvalue weighted by Gasteiger charge is 2.07. The zero-order chi connectivity index (χ0) is 15.9. The number of furan rings is 1. The molecule has 0 radical (unpaired) electrons. The molecule has 6 nitrogen and oxygen atoms in total. The number of hydrogen-bond donors (Lipinski definition) is 1. The van der Waals surface area contributed by atoms with Gasteiger partial charge in [-0.3, -0.25) is 0 Å². The predicted molar refractivity (Wildman–Crippen MR) is 83.4 cm³/mol. The number of imidazole rings is 1. The van der Waals surface area contributed by atoms with Gasteiger partial charge in [0.1, 0.15) is 30.8 Å². The molecule has 0 aliphatic heterocycles. The quantitative estimate of drug-likeness (QED) is 0.691. The van der Waals surface area contributed by atoms with Crippen LogP contribution in [0.1, 0.15) is 5.76 Å². The van der Waals surface area contributed by atoms with Gasteiger partial charge in [0.05, 0.1) is 19.2 Å². The summed E-state index contributed by atoms with van der Waals surface area (Å²) < 4.78 is 18.0. The number of ether oxygens (including phenoxy) is 2. The van der Waals surface area contributed by atoms with Crippen LogP contribution < -0.4 is 4.74 Å². The minimum Gasteiger partial charge on any atom is -0.491 e. The van der Waals surface area contributed by atoms with Crippen LogP contribution in [-0.4, -0.2) is 34.0 Å². The fourth-order valence-electron chi connectivity index (χ4n) is 2.06. The van der Waals surface area contributed by atoms with Crippen LogP contribution in [0.2, 0.25) is 0 Å². The minimum absolute atomic E-state index is 0.169. The Kier molecular flexibility index (Phi) is 5.08. The third kappa shape index (κ3) is 4.45. The van der Waals surface area contributed by atoms with Crippen molar-refractivity contribution in [2.45, 2.75) is 12.7 Å². The van der Waals surface area contributed by atoms with E-state index in [1.54, 1.807) is 24.9 Å². The molecular formula is C17H18N2O4. The molecule has 2 aromatic heterocycles. The van der Waals surface area contributed by atoms with Crippen molar-refractivity contribution < 1.29 is 19.0 Å². The van der Waals surface area contributed by atoms with Crippen LogP contribution in [0, 0.1) is 0 Å². The Hall–Kier alpha value is -2.57. The van der Waals surface area contributed by atoms with Crippen LogP contribution >= 0.6 is 0 Å². The van der Waals surface area contributed by atoms with Crippen molar-refractivity contribution in [2.24, 2.45) is 0 Å². The molecule has 1 aromatic carbocycles. The van der Waals surface area contributed by atoms with Crippen LogP contribution in [0.25, 0.3) is 5.69 Å². The Balaban J connectivity index is 1.41. The highest BCUT2D eigenvalue weighted by Crippen LogP contribution is 2.15. The topological polar surface area (TPSA) is 69.7 Å². The number of aliphatic hydroxyl groups excluding tert-OH is 1. The SMILES string of the molecule is OC(COCc1ccco1)COc1ccc(-n2ccnc2)cc1. The van der Waals surface area contributed by atoms with Gasteiger partial charge in [0.2, 0.25) is 0 Å². The maximum absolute atomic E-state index is 9.85. The summed E-state index contributed by atoms with van der Waals surface area (Å²) >= 11 is 0. The van der Waals surface area contributed by atoms with Crippen LogP contribution in [-0.2, 0) is 11.3 Å². The first-order valence-corrected chi connectivity index (χ1v) is 7.30. The lowest BCUT2D eigenvalue weighted by molar-refractivity contribution is 0.000880. The van der Waals surface area contributed by atoms with E-state index in [0.717, 1.165) is 11.4 Å². The molecule has 0 amide bonds. The van der Waals surface area contributed by atoms with Crippen LogP contribution in [0.15, 0.2) is 65.8 Å². The molecule has 120 valence electrons. The molecule has 1 unspecified atom stereocenters. The van der Waals surface area contributed by atoms with E-state index < -0.39 is 6.10 Å². The fraction of sp³-hybridized carbons (Fsp3) is 0.235. The highest BCUT2D eigenvalue weighted by molar-refractivity contribution is 5.37. The molecule has 23 heavy (non-hydrogen) atoms. The van der Waals surface area contributed by atoms with Gasteiger partial charge >= 0.3 is 0 Å². The van der Waals surface area contributed by atoms with Crippen molar-refractivity contribution in [2.75, 3.05) is 13.2 Å². The Morgan fingerprint density at radius 2 is 2.04 bits per heavy atom. The van der Waals surface area contributed by atoms with E-state index in [1.165, 1.54) is 0 Å². The van der Waals surface area contributed by atoms with E-state index in [9.17, 15) is 5.11 Å². The molecule has 0 spiro atoms. The van der Waals surface area contributed by atoms with Crippen molar-refractivity contribution in [3.8, 4) is 11.4 Å². The van der Waals surface area contributed by atoms with Crippen molar-refractivity contribution >= 4 is 0 Å². The number of aromatic nitrogens is 2. The first kappa shape index (κ1) is 15.3. The normalized spacial score (nSPS) is 12.2. The Morgan fingerprint density at radius 3 is 2.74 bits per heavy atom. The number of rotatable bonds is 8. The second kappa shape index (κ2) is 7.62. The molecule has 0 aliphatic carbocycles. The molecule has 0 saturated carbocycles. The smallest absolute Gasteiger partial charge is 0.129 e. The molecule has 0 fully saturated rings. The highest BCUT2D eigenvalue weighted by atomic mass is 16.5. The summed E-state index contributed by atoms with van der Waals surface area (Å²) in [7, 11) is 0. The molecule has 1 atom stereocenters. The van der Waals surface area contributed by atoms with Gasteiger partial charge in [-0.05, 0) is 36.4 Å². The maximum Gasteiger partial charge on any atom is 0.129 e. The van der Waals surface area contributed by atoms with Crippen molar-refractivity contribution in [1.82, 2.24) is 9.55 Å². The molecule has 2 heterocycles. The van der Waals surface area contributed by atoms with Gasteiger partial charge in [-0.25, -0.2) is 4.98 Å². The predicted octanol–water partition coefficient (Wildman–Crippen LogP) is 2.42. The average Bonchev–Trinajstić information content (AvgIpc) is 3.27. The van der Waals surface area contributed by atoms with Gasteiger partial charge in [-0.15, -0.1) is 0 Å². The molecule has 3 aromatic rings. The van der Waals surface area contributed by atoms with Crippen LogP contribution in [0.5, 0.6) is 5.75 Å². The largest absolute Gasteiger partial charge is 0.491 e. The van der Waals surface area contributed by atoms with E-state index >= 15 is 0 Å². The first-order chi connectivity index (χ1) is 11.3. The lowest BCUT2D eigenvalue weighted by Gasteiger charge is -2.13. The van der Waals surface area contributed by atoms with Gasteiger partial charge in [0, 0.05) is 18.1 Å². The first-order valence-electron chi connectivity index (χ1n) is 7.30. The van der Waals surface area contributed by atoms with Gasteiger partial charge in [0.15, 0.2) is 0 Å². The Morgan fingerprint density at radius 1 is 1.17 bits per heavy atom. The van der Waals surface area contributed by atoms with Gasteiger partial charge in [-0.1, -0.05) is 0 Å². The molecular weight excluding hydrogens is 296 g/mol. The summed E-state index contributed by atoms with van der Waals surface area (Å²) in [4.78, 5) is 4.01. The number of aliphatic hydroxyl groups is 1. The van der Waals surface area contributed by atoms with Gasteiger partial charge in [0.25, 0.3) is 0 Å². The van der Waals surface area contributed by atoms with E-state index in [2.05, 4.69) is 4.98 Å². The van der Waals surface area contributed by atoms with E-state index in [1.807, 2.05) is 41.1 Å². The Bertz CT molecular complexity index is 678. The summed E-state index contributed by atoms with van der Waals surface area (Å²) in [5.41, 5.74) is 0.997. The molecule has 1 N–H and O–H groups in total. The van der Waals surface area contributed by atoms with Gasteiger partial charge in [-0.2, -0.15) is 0 Å². The number of benzene rings is 1.